The van der Waals surface area contributed by atoms with Gasteiger partial charge in [-0.15, -0.1) is 0 Å². The molecule has 0 bridgehead atoms. The minimum absolute atomic E-state index is 0.314. The lowest BCUT2D eigenvalue weighted by Crippen LogP contribution is -2.36. The third-order valence-corrected chi connectivity index (χ3v) is 5.64. The number of rotatable bonds is 7. The van der Waals surface area contributed by atoms with Crippen molar-refractivity contribution in [2.45, 2.75) is 12.8 Å². The van der Waals surface area contributed by atoms with Crippen molar-refractivity contribution < 1.29 is 22.7 Å². The van der Waals surface area contributed by atoms with E-state index in [9.17, 15) is 13.6 Å². The fraction of sp³-hybridized carbons (Fsp3) is 0.250. The van der Waals surface area contributed by atoms with Gasteiger partial charge in [-0.1, -0.05) is 5.10 Å². The van der Waals surface area contributed by atoms with Crippen LogP contribution in [0.25, 0.3) is 5.69 Å². The maximum absolute atomic E-state index is 13.8. The molecule has 0 N–H and O–H groups in total. The largest absolute Gasteiger partial charge is 0.493 e. The summed E-state index contributed by atoms with van der Waals surface area (Å²) in [5.41, 5.74) is 0.414. The molecule has 2 aromatic carbocycles. The molecule has 3 heterocycles. The lowest BCUT2D eigenvalue weighted by Gasteiger charge is -2.31. The average molecular weight is 481 g/mol. The molecule has 4 aromatic rings. The van der Waals surface area contributed by atoms with Gasteiger partial charge in [0.25, 0.3) is 0 Å². The Kier molecular flexibility index (Phi) is 6.38. The van der Waals surface area contributed by atoms with Gasteiger partial charge in [0.1, 0.15) is 11.6 Å². The van der Waals surface area contributed by atoms with Crippen molar-refractivity contribution in [1.82, 2.24) is 19.7 Å². The summed E-state index contributed by atoms with van der Waals surface area (Å²) in [4.78, 5) is 22.9. The number of ether oxygens (including phenoxy) is 2. The van der Waals surface area contributed by atoms with Crippen LogP contribution in [-0.2, 0) is 0 Å². The van der Waals surface area contributed by atoms with Gasteiger partial charge in [0.15, 0.2) is 11.6 Å². The SMILES string of the molecule is O=c1oc(Oc2ccc(F)cc2F)nn1-c1ccc(OCC2CCN(c3ncccn3)CC2)cc1. The van der Waals surface area contributed by atoms with E-state index in [0.29, 0.717) is 30.0 Å². The predicted molar refractivity (Wildman–Crippen MR) is 121 cm³/mol. The molecule has 0 radical (unpaired) electrons. The molecule has 180 valence electrons. The molecule has 0 amide bonds. The van der Waals surface area contributed by atoms with Gasteiger partial charge in [-0.05, 0) is 61.2 Å². The first-order valence-corrected chi connectivity index (χ1v) is 11.0. The van der Waals surface area contributed by atoms with Crippen LogP contribution in [-0.4, -0.2) is 39.4 Å². The number of hydrogen-bond donors (Lipinski definition) is 0. The molecule has 0 saturated carbocycles. The van der Waals surface area contributed by atoms with Crippen LogP contribution in [0.1, 0.15) is 12.8 Å². The van der Waals surface area contributed by atoms with Crippen LogP contribution in [0, 0.1) is 17.6 Å². The van der Waals surface area contributed by atoms with Crippen molar-refractivity contribution in [2.75, 3.05) is 24.6 Å². The molecule has 11 heteroatoms. The van der Waals surface area contributed by atoms with Crippen LogP contribution in [0.2, 0.25) is 0 Å². The Balaban J connectivity index is 1.16. The van der Waals surface area contributed by atoms with Gasteiger partial charge in [-0.3, -0.25) is 0 Å². The van der Waals surface area contributed by atoms with Crippen LogP contribution in [0.15, 0.2) is 70.1 Å². The number of hydrogen-bond acceptors (Lipinski definition) is 8. The summed E-state index contributed by atoms with van der Waals surface area (Å²) >= 11 is 0. The minimum Gasteiger partial charge on any atom is -0.493 e. The molecule has 2 aromatic heterocycles. The smallest absolute Gasteiger partial charge is 0.444 e. The summed E-state index contributed by atoms with van der Waals surface area (Å²) in [7, 11) is 0. The van der Waals surface area contributed by atoms with E-state index in [1.54, 1.807) is 42.7 Å². The first-order valence-electron chi connectivity index (χ1n) is 11.0. The molecule has 5 rings (SSSR count). The van der Waals surface area contributed by atoms with Gasteiger partial charge in [0.05, 0.1) is 12.3 Å². The number of aromatic nitrogens is 4. The maximum atomic E-state index is 13.8. The third-order valence-electron chi connectivity index (χ3n) is 5.64. The highest BCUT2D eigenvalue weighted by molar-refractivity contribution is 5.36. The van der Waals surface area contributed by atoms with E-state index in [-0.39, 0.29) is 5.75 Å². The Hall–Kier alpha value is -4.28. The molecular formula is C24H21F2N5O4. The molecule has 1 fully saturated rings. The highest BCUT2D eigenvalue weighted by Crippen LogP contribution is 2.24. The van der Waals surface area contributed by atoms with Gasteiger partial charge in [0, 0.05) is 31.5 Å². The van der Waals surface area contributed by atoms with Crippen molar-refractivity contribution in [1.29, 1.82) is 0 Å². The van der Waals surface area contributed by atoms with Crippen molar-refractivity contribution in [3.63, 3.8) is 0 Å². The van der Waals surface area contributed by atoms with Gasteiger partial charge in [-0.25, -0.2) is 23.5 Å². The Morgan fingerprint density at radius 2 is 1.77 bits per heavy atom. The summed E-state index contributed by atoms with van der Waals surface area (Å²) in [6.07, 6.45) is 4.97. The van der Waals surface area contributed by atoms with E-state index < -0.39 is 23.5 Å². The normalized spacial score (nSPS) is 14.2. The average Bonchev–Trinajstić information content (AvgIpc) is 3.25. The Morgan fingerprint density at radius 3 is 2.49 bits per heavy atom. The van der Waals surface area contributed by atoms with Crippen LogP contribution >= 0.6 is 0 Å². The minimum atomic E-state index is -0.942. The molecule has 0 unspecified atom stereocenters. The number of halogens is 2. The molecule has 0 aliphatic carbocycles. The van der Waals surface area contributed by atoms with Crippen molar-refractivity contribution in [3.8, 4) is 23.3 Å². The first kappa shape index (κ1) is 22.5. The number of piperidine rings is 1. The van der Waals surface area contributed by atoms with Crippen molar-refractivity contribution >= 4 is 5.95 Å². The standard InChI is InChI=1S/C24H21F2N5O4/c25-17-2-7-21(20(26)14-17)34-23-29-31(24(32)35-23)18-3-5-19(6-4-18)33-15-16-8-12-30(13-9-16)22-27-10-1-11-28-22/h1-7,10-11,14,16H,8-9,12-13,15H2. The zero-order valence-corrected chi connectivity index (χ0v) is 18.5. The highest BCUT2D eigenvalue weighted by Gasteiger charge is 2.21. The second-order valence-corrected chi connectivity index (χ2v) is 8.01. The number of benzene rings is 2. The quantitative estimate of drug-likeness (QED) is 0.391. The van der Waals surface area contributed by atoms with Crippen LogP contribution in [0.5, 0.6) is 17.6 Å². The van der Waals surface area contributed by atoms with Gasteiger partial charge in [0.2, 0.25) is 5.95 Å². The van der Waals surface area contributed by atoms with Crippen LogP contribution < -0.4 is 20.1 Å². The molecule has 1 saturated heterocycles. The van der Waals surface area contributed by atoms with Crippen LogP contribution in [0.3, 0.4) is 0 Å². The second kappa shape index (κ2) is 9.92. The van der Waals surface area contributed by atoms with E-state index in [1.807, 2.05) is 0 Å². The summed E-state index contributed by atoms with van der Waals surface area (Å²) < 4.78 is 43.8. The van der Waals surface area contributed by atoms with Crippen molar-refractivity contribution in [2.24, 2.45) is 5.92 Å². The third kappa shape index (κ3) is 5.29. The lowest BCUT2D eigenvalue weighted by molar-refractivity contribution is 0.222. The maximum Gasteiger partial charge on any atom is 0.444 e. The van der Waals surface area contributed by atoms with E-state index in [0.717, 1.165) is 48.7 Å². The molecule has 9 nitrogen and oxygen atoms in total. The van der Waals surface area contributed by atoms with Crippen LogP contribution in [0.4, 0.5) is 14.7 Å². The topological polar surface area (TPSA) is 95.5 Å². The van der Waals surface area contributed by atoms with E-state index in [2.05, 4.69) is 20.0 Å². The first-order chi connectivity index (χ1) is 17.0. The Morgan fingerprint density at radius 1 is 1.03 bits per heavy atom. The monoisotopic (exact) mass is 481 g/mol. The highest BCUT2D eigenvalue weighted by atomic mass is 19.1. The van der Waals surface area contributed by atoms with E-state index >= 15 is 0 Å². The van der Waals surface area contributed by atoms with Crippen molar-refractivity contribution in [3.05, 3.63) is 83.1 Å². The number of nitrogens with zero attached hydrogens (tertiary/aromatic N) is 5. The van der Waals surface area contributed by atoms with E-state index in [4.69, 9.17) is 13.9 Å². The predicted octanol–water partition coefficient (Wildman–Crippen LogP) is 3.98. The summed E-state index contributed by atoms with van der Waals surface area (Å²) in [6, 6.07) is 11.3. The molecular weight excluding hydrogens is 460 g/mol. The summed E-state index contributed by atoms with van der Waals surface area (Å²) in [5, 5.41) is 3.92. The molecule has 0 atom stereocenters. The zero-order valence-electron chi connectivity index (χ0n) is 18.5. The lowest BCUT2D eigenvalue weighted by atomic mass is 9.98. The molecule has 1 aliphatic rings. The zero-order chi connectivity index (χ0) is 24.2. The Labute approximate surface area is 198 Å². The molecule has 1 aliphatic heterocycles. The summed E-state index contributed by atoms with van der Waals surface area (Å²) in [6.45, 7) is 2.32. The fourth-order valence-electron chi connectivity index (χ4n) is 3.77. The summed E-state index contributed by atoms with van der Waals surface area (Å²) in [5.74, 6) is -1.000. The molecule has 0 spiro atoms. The number of anilines is 1. The second-order valence-electron chi connectivity index (χ2n) is 8.01. The fourth-order valence-corrected chi connectivity index (χ4v) is 3.77. The van der Waals surface area contributed by atoms with Gasteiger partial charge in [-0.2, -0.15) is 4.68 Å². The molecule has 35 heavy (non-hydrogen) atoms. The van der Waals surface area contributed by atoms with Gasteiger partial charge >= 0.3 is 11.8 Å². The van der Waals surface area contributed by atoms with E-state index in [1.165, 1.54) is 0 Å². The Bertz CT molecular complexity index is 1340. The van der Waals surface area contributed by atoms with Gasteiger partial charge < -0.3 is 18.8 Å².